The molecule has 1 amide bonds. The minimum absolute atomic E-state index is 0.164. The van der Waals surface area contributed by atoms with Gasteiger partial charge in [-0.2, -0.15) is 0 Å². The zero-order chi connectivity index (χ0) is 23.8. The van der Waals surface area contributed by atoms with E-state index in [1.807, 2.05) is 12.1 Å². The molecule has 1 fully saturated rings. The van der Waals surface area contributed by atoms with Crippen molar-refractivity contribution in [3.63, 3.8) is 0 Å². The van der Waals surface area contributed by atoms with Gasteiger partial charge in [-0.3, -0.25) is 4.79 Å². The first-order valence-corrected chi connectivity index (χ1v) is 13.0. The zero-order valence-electron chi connectivity index (χ0n) is 19.1. The molecule has 1 aliphatic heterocycles. The van der Waals surface area contributed by atoms with Gasteiger partial charge in [0.2, 0.25) is 0 Å². The molecule has 4 rings (SSSR count). The Bertz CT molecular complexity index is 1240. The van der Waals surface area contributed by atoms with Gasteiger partial charge in [-0.1, -0.05) is 17.4 Å². The predicted molar refractivity (Wildman–Crippen MR) is 130 cm³/mol. The van der Waals surface area contributed by atoms with E-state index in [9.17, 15) is 13.2 Å². The summed E-state index contributed by atoms with van der Waals surface area (Å²) in [5, 5.41) is 0.308. The van der Waals surface area contributed by atoms with Crippen molar-refractivity contribution in [3.8, 4) is 11.5 Å². The third-order valence-electron chi connectivity index (χ3n) is 5.77. The quantitative estimate of drug-likeness (QED) is 0.524. The number of aromatic nitrogens is 1. The monoisotopic (exact) mass is 489 g/mol. The van der Waals surface area contributed by atoms with Crippen molar-refractivity contribution in [2.75, 3.05) is 45.3 Å². The fourth-order valence-corrected chi connectivity index (χ4v) is 6.00. The standard InChI is InChI=1S/C23H27N3O5S2/c1-15(2)33(28,29)17-7-5-6-16(14-17)22(27)25-10-12-26(13-11-25)23-24-20-18(30-3)8-9-19(31-4)21(20)32-23/h5-9,14-15H,10-13H2,1-4H3. The summed E-state index contributed by atoms with van der Waals surface area (Å²) in [4.78, 5) is 21.9. The Balaban J connectivity index is 1.50. The lowest BCUT2D eigenvalue weighted by Crippen LogP contribution is -2.48. The number of carbonyl (C=O) groups excluding carboxylic acids is 1. The van der Waals surface area contributed by atoms with E-state index in [0.717, 1.165) is 21.1 Å². The second kappa shape index (κ2) is 9.18. The molecule has 0 aliphatic carbocycles. The van der Waals surface area contributed by atoms with Crippen LogP contribution >= 0.6 is 11.3 Å². The number of carbonyl (C=O) groups is 1. The summed E-state index contributed by atoms with van der Waals surface area (Å²) in [6.07, 6.45) is 0. The lowest BCUT2D eigenvalue weighted by Gasteiger charge is -2.34. The minimum atomic E-state index is -3.44. The van der Waals surface area contributed by atoms with Crippen LogP contribution in [0.25, 0.3) is 10.2 Å². The van der Waals surface area contributed by atoms with Gasteiger partial charge < -0.3 is 19.3 Å². The van der Waals surface area contributed by atoms with Gasteiger partial charge in [0, 0.05) is 31.7 Å². The molecule has 8 nitrogen and oxygen atoms in total. The zero-order valence-corrected chi connectivity index (χ0v) is 20.7. The van der Waals surface area contributed by atoms with Gasteiger partial charge in [-0.25, -0.2) is 13.4 Å². The molecule has 1 aliphatic rings. The predicted octanol–water partition coefficient (Wildman–Crippen LogP) is 3.46. The highest BCUT2D eigenvalue weighted by Gasteiger charge is 2.26. The van der Waals surface area contributed by atoms with E-state index in [-0.39, 0.29) is 10.8 Å². The summed E-state index contributed by atoms with van der Waals surface area (Å²) < 4.78 is 36.8. The average Bonchev–Trinajstić information content (AvgIpc) is 3.28. The molecule has 1 aromatic heterocycles. The van der Waals surface area contributed by atoms with Crippen LogP contribution in [-0.4, -0.2) is 69.9 Å². The topological polar surface area (TPSA) is 89.0 Å². The maximum Gasteiger partial charge on any atom is 0.254 e. The van der Waals surface area contributed by atoms with Crippen LogP contribution in [0.5, 0.6) is 11.5 Å². The minimum Gasteiger partial charge on any atom is -0.495 e. The summed E-state index contributed by atoms with van der Waals surface area (Å²) in [7, 11) is -0.191. The van der Waals surface area contributed by atoms with Crippen LogP contribution in [0.2, 0.25) is 0 Å². The van der Waals surface area contributed by atoms with E-state index in [1.54, 1.807) is 51.2 Å². The summed E-state index contributed by atoms with van der Waals surface area (Å²) in [5.41, 5.74) is 1.15. The summed E-state index contributed by atoms with van der Waals surface area (Å²) in [6.45, 7) is 5.56. The Hall–Kier alpha value is -2.85. The fourth-order valence-electron chi connectivity index (χ4n) is 3.77. The number of fused-ring (bicyclic) bond motifs is 1. The molecule has 2 heterocycles. The van der Waals surface area contributed by atoms with Crippen LogP contribution in [0, 0.1) is 0 Å². The van der Waals surface area contributed by atoms with Crippen molar-refractivity contribution in [1.29, 1.82) is 0 Å². The van der Waals surface area contributed by atoms with Gasteiger partial charge in [-0.15, -0.1) is 0 Å². The Labute approximate surface area is 197 Å². The van der Waals surface area contributed by atoms with Crippen molar-refractivity contribution in [3.05, 3.63) is 42.0 Å². The van der Waals surface area contributed by atoms with Crippen molar-refractivity contribution < 1.29 is 22.7 Å². The van der Waals surface area contributed by atoms with Gasteiger partial charge in [-0.05, 0) is 44.2 Å². The van der Waals surface area contributed by atoms with E-state index in [0.29, 0.717) is 37.5 Å². The van der Waals surface area contributed by atoms with E-state index in [4.69, 9.17) is 14.5 Å². The molecule has 10 heteroatoms. The highest BCUT2D eigenvalue weighted by Crippen LogP contribution is 2.40. The Kier molecular flexibility index (Phi) is 6.49. The summed E-state index contributed by atoms with van der Waals surface area (Å²) in [5.74, 6) is 1.28. The maximum absolute atomic E-state index is 13.1. The third-order valence-corrected chi connectivity index (χ3v) is 9.05. The SMILES string of the molecule is COc1ccc(OC)c2sc(N3CCN(C(=O)c4cccc(S(=O)(=O)C(C)C)c4)CC3)nc12. The van der Waals surface area contributed by atoms with Crippen molar-refractivity contribution in [2.24, 2.45) is 0 Å². The fraction of sp³-hybridized carbons (Fsp3) is 0.391. The highest BCUT2D eigenvalue weighted by molar-refractivity contribution is 7.92. The van der Waals surface area contributed by atoms with E-state index < -0.39 is 15.1 Å². The molecule has 0 spiro atoms. The molecule has 33 heavy (non-hydrogen) atoms. The number of amides is 1. The molecular formula is C23H27N3O5S2. The first kappa shape index (κ1) is 23.3. The van der Waals surface area contributed by atoms with Gasteiger partial charge in [0.15, 0.2) is 15.0 Å². The summed E-state index contributed by atoms with van der Waals surface area (Å²) in [6, 6.07) is 10.0. The van der Waals surface area contributed by atoms with Crippen LogP contribution in [-0.2, 0) is 9.84 Å². The van der Waals surface area contributed by atoms with Gasteiger partial charge in [0.25, 0.3) is 5.91 Å². The smallest absolute Gasteiger partial charge is 0.254 e. The number of ether oxygens (including phenoxy) is 2. The van der Waals surface area contributed by atoms with Crippen molar-refractivity contribution >= 4 is 42.4 Å². The van der Waals surface area contributed by atoms with E-state index in [2.05, 4.69) is 4.90 Å². The molecule has 3 aromatic rings. The van der Waals surface area contributed by atoms with Crippen LogP contribution in [0.4, 0.5) is 5.13 Å². The highest BCUT2D eigenvalue weighted by atomic mass is 32.2. The number of hydrogen-bond donors (Lipinski definition) is 0. The normalized spacial score (nSPS) is 14.7. The van der Waals surface area contributed by atoms with Gasteiger partial charge in [0.05, 0.1) is 24.4 Å². The first-order valence-electron chi connectivity index (χ1n) is 10.7. The summed E-state index contributed by atoms with van der Waals surface area (Å²) >= 11 is 1.54. The average molecular weight is 490 g/mol. The van der Waals surface area contributed by atoms with Gasteiger partial charge in [0.1, 0.15) is 21.7 Å². The number of hydrogen-bond acceptors (Lipinski definition) is 8. The molecule has 0 bridgehead atoms. The second-order valence-corrected chi connectivity index (χ2v) is 11.5. The Morgan fingerprint density at radius 2 is 1.70 bits per heavy atom. The molecule has 0 N–H and O–H groups in total. The molecule has 0 saturated carbocycles. The van der Waals surface area contributed by atoms with E-state index >= 15 is 0 Å². The molecular weight excluding hydrogens is 462 g/mol. The van der Waals surface area contributed by atoms with E-state index in [1.165, 1.54) is 17.4 Å². The number of sulfone groups is 1. The molecule has 1 saturated heterocycles. The largest absolute Gasteiger partial charge is 0.495 e. The number of methoxy groups -OCH3 is 2. The van der Waals surface area contributed by atoms with Gasteiger partial charge >= 0.3 is 0 Å². The molecule has 0 radical (unpaired) electrons. The Morgan fingerprint density at radius 1 is 1.03 bits per heavy atom. The lowest BCUT2D eigenvalue weighted by atomic mass is 10.2. The number of thiazole rings is 1. The third kappa shape index (κ3) is 4.37. The molecule has 176 valence electrons. The molecule has 0 unspecified atom stereocenters. The second-order valence-electron chi connectivity index (χ2n) is 8.05. The van der Waals surface area contributed by atoms with Crippen LogP contribution < -0.4 is 14.4 Å². The number of anilines is 1. The van der Waals surface area contributed by atoms with Crippen LogP contribution in [0.3, 0.4) is 0 Å². The van der Waals surface area contributed by atoms with Crippen molar-refractivity contribution in [1.82, 2.24) is 9.88 Å². The Morgan fingerprint density at radius 3 is 2.33 bits per heavy atom. The number of nitrogens with zero attached hydrogens (tertiary/aromatic N) is 3. The number of benzene rings is 2. The molecule has 2 aromatic carbocycles. The number of piperazine rings is 1. The van der Waals surface area contributed by atoms with Crippen LogP contribution in [0.15, 0.2) is 41.3 Å². The first-order chi connectivity index (χ1) is 15.8. The van der Waals surface area contributed by atoms with Crippen LogP contribution in [0.1, 0.15) is 24.2 Å². The molecule has 0 atom stereocenters. The maximum atomic E-state index is 13.1. The lowest BCUT2D eigenvalue weighted by molar-refractivity contribution is 0.0746. The number of rotatable bonds is 6. The van der Waals surface area contributed by atoms with Crippen molar-refractivity contribution in [2.45, 2.75) is 24.0 Å².